The van der Waals surface area contributed by atoms with Gasteiger partial charge in [-0.2, -0.15) is 5.26 Å². The molecule has 1 saturated heterocycles. The topological polar surface area (TPSA) is 95.5 Å². The highest BCUT2D eigenvalue weighted by Crippen LogP contribution is 2.41. The lowest BCUT2D eigenvalue weighted by Gasteiger charge is -2.31. The molecule has 0 radical (unpaired) electrons. The van der Waals surface area contributed by atoms with E-state index in [2.05, 4.69) is 15.4 Å². The molecule has 4 rings (SSSR count). The molecule has 0 aromatic carbocycles. The molecule has 0 bridgehead atoms. The van der Waals surface area contributed by atoms with Crippen LogP contribution < -0.4 is 5.32 Å². The Kier molecular flexibility index (Phi) is 4.51. The Labute approximate surface area is 150 Å². The minimum Gasteiger partial charge on any atom is -0.389 e. The highest BCUT2D eigenvalue weighted by Gasteiger charge is 2.32. The maximum Gasteiger partial charge on any atom is 0.241 e. The first-order chi connectivity index (χ1) is 12.6. The lowest BCUT2D eigenvalue weighted by Crippen LogP contribution is -2.42. The first-order valence-corrected chi connectivity index (χ1v) is 9.09. The van der Waals surface area contributed by atoms with E-state index in [1.165, 1.54) is 17.1 Å². The molecule has 3 atom stereocenters. The van der Waals surface area contributed by atoms with Gasteiger partial charge in [0.15, 0.2) is 5.82 Å². The van der Waals surface area contributed by atoms with Crippen molar-refractivity contribution in [2.75, 3.05) is 18.5 Å². The van der Waals surface area contributed by atoms with Gasteiger partial charge in [0.2, 0.25) is 5.95 Å². The van der Waals surface area contributed by atoms with Crippen molar-refractivity contribution in [2.45, 2.75) is 50.7 Å². The molecule has 138 valence electrons. The van der Waals surface area contributed by atoms with Gasteiger partial charge in [-0.1, -0.05) is 13.3 Å². The van der Waals surface area contributed by atoms with Crippen molar-refractivity contribution in [2.24, 2.45) is 5.92 Å². The minimum absolute atomic E-state index is 0.0480. The predicted molar refractivity (Wildman–Crippen MR) is 92.3 cm³/mol. The fourth-order valence-electron chi connectivity index (χ4n) is 3.84. The second-order valence-electron chi connectivity index (χ2n) is 7.23. The summed E-state index contributed by atoms with van der Waals surface area (Å²) in [6, 6.07) is 1.79. The van der Waals surface area contributed by atoms with Crippen LogP contribution in [0.1, 0.15) is 49.8 Å². The fourth-order valence-corrected chi connectivity index (χ4v) is 3.84. The number of fused-ring (bicyclic) bond motifs is 1. The van der Waals surface area contributed by atoms with Crippen molar-refractivity contribution >= 4 is 11.5 Å². The standard InChI is InChI=1S/C18H22FN5O2/c1-10(11-3-2-4-11)17-12(7-20)16(19)14-8-21-18(23-24(14)17)22-13-5-6-26-9-15(13)25/h8,10-11,13,15,25H,2-6,9H2,1H3,(H,22,23)/t10?,13-,15-/m1/s1. The molecule has 1 aliphatic carbocycles. The molecule has 1 aliphatic heterocycles. The molecule has 2 fully saturated rings. The number of hydrogen-bond donors (Lipinski definition) is 2. The molecule has 2 aromatic heterocycles. The Morgan fingerprint density at radius 1 is 1.46 bits per heavy atom. The van der Waals surface area contributed by atoms with Gasteiger partial charge < -0.3 is 15.2 Å². The molecule has 2 N–H and O–H groups in total. The van der Waals surface area contributed by atoms with E-state index in [1.807, 2.05) is 13.0 Å². The number of nitriles is 1. The van der Waals surface area contributed by atoms with Gasteiger partial charge in [0, 0.05) is 12.5 Å². The summed E-state index contributed by atoms with van der Waals surface area (Å²) in [7, 11) is 0. The van der Waals surface area contributed by atoms with Crippen LogP contribution in [0.5, 0.6) is 0 Å². The molecule has 1 unspecified atom stereocenters. The van der Waals surface area contributed by atoms with Crippen LogP contribution in [0.3, 0.4) is 0 Å². The molecule has 3 heterocycles. The zero-order chi connectivity index (χ0) is 18.3. The Balaban J connectivity index is 1.73. The lowest BCUT2D eigenvalue weighted by molar-refractivity contribution is -0.0136. The number of anilines is 1. The number of hydrogen-bond acceptors (Lipinski definition) is 6. The zero-order valence-corrected chi connectivity index (χ0v) is 14.7. The molecule has 2 aromatic rings. The summed E-state index contributed by atoms with van der Waals surface area (Å²) >= 11 is 0. The van der Waals surface area contributed by atoms with E-state index in [9.17, 15) is 14.8 Å². The average molecular weight is 359 g/mol. The van der Waals surface area contributed by atoms with Crippen LogP contribution in [-0.4, -0.2) is 45.1 Å². The highest BCUT2D eigenvalue weighted by molar-refractivity contribution is 5.58. The summed E-state index contributed by atoms with van der Waals surface area (Å²) < 4.78 is 21.4. The maximum atomic E-state index is 14.7. The van der Waals surface area contributed by atoms with E-state index in [-0.39, 0.29) is 29.6 Å². The summed E-state index contributed by atoms with van der Waals surface area (Å²) in [5, 5.41) is 27.1. The van der Waals surface area contributed by atoms with Crippen LogP contribution in [-0.2, 0) is 4.74 Å². The normalized spacial score (nSPS) is 24.8. The molecule has 0 amide bonds. The number of aliphatic hydroxyl groups is 1. The van der Waals surface area contributed by atoms with Gasteiger partial charge >= 0.3 is 0 Å². The Morgan fingerprint density at radius 3 is 2.92 bits per heavy atom. The largest absolute Gasteiger partial charge is 0.389 e. The molecule has 7 nitrogen and oxygen atoms in total. The van der Waals surface area contributed by atoms with Crippen LogP contribution in [0, 0.1) is 23.1 Å². The van der Waals surface area contributed by atoms with E-state index in [1.54, 1.807) is 0 Å². The summed E-state index contributed by atoms with van der Waals surface area (Å²) in [6.07, 6.45) is 4.74. The van der Waals surface area contributed by atoms with Gasteiger partial charge in [-0.25, -0.2) is 13.9 Å². The number of aromatic nitrogens is 3. The third kappa shape index (κ3) is 2.81. The average Bonchev–Trinajstić information content (AvgIpc) is 2.87. The van der Waals surface area contributed by atoms with Crippen molar-refractivity contribution in [3.05, 3.63) is 23.3 Å². The van der Waals surface area contributed by atoms with Crippen molar-refractivity contribution in [3.8, 4) is 6.07 Å². The summed E-state index contributed by atoms with van der Waals surface area (Å²) in [4.78, 5) is 4.18. The predicted octanol–water partition coefficient (Wildman–Crippen LogP) is 2.21. The number of halogens is 1. The fraction of sp³-hybridized carbons (Fsp3) is 0.611. The zero-order valence-electron chi connectivity index (χ0n) is 14.7. The van der Waals surface area contributed by atoms with E-state index >= 15 is 0 Å². The summed E-state index contributed by atoms with van der Waals surface area (Å²) in [5.41, 5.74) is 0.880. The third-order valence-corrected chi connectivity index (χ3v) is 5.70. The van der Waals surface area contributed by atoms with Crippen LogP contribution in [0.4, 0.5) is 10.3 Å². The van der Waals surface area contributed by atoms with Crippen molar-refractivity contribution in [3.63, 3.8) is 0 Å². The minimum atomic E-state index is -0.646. The molecule has 1 saturated carbocycles. The van der Waals surface area contributed by atoms with Gasteiger partial charge in [0.25, 0.3) is 0 Å². The first kappa shape index (κ1) is 17.2. The van der Waals surface area contributed by atoms with Crippen molar-refractivity contribution in [1.29, 1.82) is 5.26 Å². The monoisotopic (exact) mass is 359 g/mol. The first-order valence-electron chi connectivity index (χ1n) is 9.09. The van der Waals surface area contributed by atoms with Crippen LogP contribution in [0.25, 0.3) is 5.52 Å². The van der Waals surface area contributed by atoms with Gasteiger partial charge in [-0.15, -0.1) is 5.10 Å². The highest BCUT2D eigenvalue weighted by atomic mass is 19.1. The number of rotatable bonds is 4. The quantitative estimate of drug-likeness (QED) is 0.869. The van der Waals surface area contributed by atoms with Gasteiger partial charge in [0.1, 0.15) is 17.1 Å². The van der Waals surface area contributed by atoms with Gasteiger partial charge in [0.05, 0.1) is 30.6 Å². The molecule has 2 aliphatic rings. The van der Waals surface area contributed by atoms with Crippen molar-refractivity contribution < 1.29 is 14.2 Å². The third-order valence-electron chi connectivity index (χ3n) is 5.70. The smallest absolute Gasteiger partial charge is 0.241 e. The van der Waals surface area contributed by atoms with E-state index in [0.29, 0.717) is 30.6 Å². The van der Waals surface area contributed by atoms with Crippen LogP contribution in [0.15, 0.2) is 6.20 Å². The van der Waals surface area contributed by atoms with Crippen molar-refractivity contribution in [1.82, 2.24) is 14.6 Å². The number of aliphatic hydroxyl groups excluding tert-OH is 1. The Hall–Kier alpha value is -2.24. The van der Waals surface area contributed by atoms with E-state index in [4.69, 9.17) is 4.74 Å². The van der Waals surface area contributed by atoms with E-state index < -0.39 is 11.9 Å². The molecular formula is C18H22FN5O2. The molecular weight excluding hydrogens is 337 g/mol. The van der Waals surface area contributed by atoms with Crippen LogP contribution >= 0.6 is 0 Å². The van der Waals surface area contributed by atoms with Gasteiger partial charge in [-0.3, -0.25) is 0 Å². The summed E-state index contributed by atoms with van der Waals surface area (Å²) in [5.74, 6) is 0.242. The summed E-state index contributed by atoms with van der Waals surface area (Å²) in [6.45, 7) is 2.85. The second-order valence-corrected chi connectivity index (χ2v) is 7.23. The molecule has 0 spiro atoms. The number of nitrogens with one attached hydrogen (secondary N) is 1. The second kappa shape index (κ2) is 6.82. The van der Waals surface area contributed by atoms with E-state index in [0.717, 1.165) is 12.8 Å². The molecule has 8 heteroatoms. The Bertz CT molecular complexity index is 857. The maximum absolute atomic E-state index is 14.7. The molecule has 26 heavy (non-hydrogen) atoms. The van der Waals surface area contributed by atoms with Gasteiger partial charge in [-0.05, 0) is 25.2 Å². The number of nitrogens with zero attached hydrogens (tertiary/aromatic N) is 4. The number of ether oxygens (including phenoxy) is 1. The Morgan fingerprint density at radius 2 is 2.27 bits per heavy atom. The SMILES string of the molecule is CC(c1c(C#N)c(F)c2cnc(N[C@@H]3CCOC[C@H]3O)nn12)C1CCC1. The van der Waals surface area contributed by atoms with Crippen LogP contribution in [0.2, 0.25) is 0 Å². The lowest BCUT2D eigenvalue weighted by atomic mass is 9.75.